The Morgan fingerprint density at radius 3 is 2.77 bits per heavy atom. The lowest BCUT2D eigenvalue weighted by Crippen LogP contribution is -2.04. The fourth-order valence-electron chi connectivity index (χ4n) is 2.19. The second-order valence-corrected chi connectivity index (χ2v) is 5.14. The Morgan fingerprint density at radius 2 is 2.15 bits per heavy atom. The van der Waals surface area contributed by atoms with Crippen molar-refractivity contribution in [2.75, 3.05) is 0 Å². The van der Waals surface area contributed by atoms with Gasteiger partial charge in [-0.1, -0.05) is 52.2 Å². The third-order valence-corrected chi connectivity index (χ3v) is 4.00. The van der Waals surface area contributed by atoms with Crippen molar-refractivity contribution in [1.29, 1.82) is 0 Å². The molecule has 0 N–H and O–H groups in total. The van der Waals surface area contributed by atoms with Crippen LogP contribution in [0.3, 0.4) is 0 Å². The number of aryl methyl sites for hydroxylation is 1. The van der Waals surface area contributed by atoms with E-state index in [1.54, 1.807) is 0 Å². The van der Waals surface area contributed by atoms with Crippen molar-refractivity contribution in [3.63, 3.8) is 0 Å². The SMILES string of the molecule is Cc1cccc(C2CCCC2Br)c1. The van der Waals surface area contributed by atoms with Crippen LogP contribution in [-0.4, -0.2) is 4.83 Å². The van der Waals surface area contributed by atoms with E-state index in [1.165, 1.54) is 30.4 Å². The van der Waals surface area contributed by atoms with Crippen LogP contribution in [0.15, 0.2) is 24.3 Å². The lowest BCUT2D eigenvalue weighted by Gasteiger charge is -2.14. The minimum atomic E-state index is 0.703. The fourth-order valence-corrected chi connectivity index (χ4v) is 3.08. The van der Waals surface area contributed by atoms with Gasteiger partial charge in [-0.2, -0.15) is 0 Å². The van der Waals surface area contributed by atoms with Crippen LogP contribution in [0.1, 0.15) is 36.3 Å². The zero-order chi connectivity index (χ0) is 9.26. The highest BCUT2D eigenvalue weighted by Crippen LogP contribution is 2.39. The Labute approximate surface area is 88.5 Å². The van der Waals surface area contributed by atoms with Crippen molar-refractivity contribution in [1.82, 2.24) is 0 Å². The lowest BCUT2D eigenvalue weighted by atomic mass is 9.96. The summed E-state index contributed by atoms with van der Waals surface area (Å²) in [5.41, 5.74) is 2.89. The molecule has 1 aliphatic carbocycles. The Kier molecular flexibility index (Phi) is 2.73. The molecular formula is C12H15Br. The molecule has 13 heavy (non-hydrogen) atoms. The molecule has 0 bridgehead atoms. The van der Waals surface area contributed by atoms with Gasteiger partial charge in [-0.05, 0) is 31.2 Å². The van der Waals surface area contributed by atoms with Crippen LogP contribution in [-0.2, 0) is 0 Å². The lowest BCUT2D eigenvalue weighted by molar-refractivity contribution is 0.742. The van der Waals surface area contributed by atoms with E-state index >= 15 is 0 Å². The number of benzene rings is 1. The maximum atomic E-state index is 3.77. The molecule has 0 spiro atoms. The Balaban J connectivity index is 2.24. The monoisotopic (exact) mass is 238 g/mol. The second kappa shape index (κ2) is 3.83. The first-order valence-corrected chi connectivity index (χ1v) is 5.89. The zero-order valence-corrected chi connectivity index (χ0v) is 9.55. The predicted molar refractivity (Wildman–Crippen MR) is 60.5 cm³/mol. The van der Waals surface area contributed by atoms with E-state index in [2.05, 4.69) is 47.1 Å². The molecule has 0 aliphatic heterocycles. The molecule has 1 fully saturated rings. The van der Waals surface area contributed by atoms with Gasteiger partial charge in [0.25, 0.3) is 0 Å². The van der Waals surface area contributed by atoms with Crippen molar-refractivity contribution in [2.45, 2.75) is 36.9 Å². The van der Waals surface area contributed by atoms with Crippen molar-refractivity contribution in [3.05, 3.63) is 35.4 Å². The molecule has 0 amide bonds. The highest BCUT2D eigenvalue weighted by atomic mass is 79.9. The molecule has 2 atom stereocenters. The first-order chi connectivity index (χ1) is 6.27. The summed E-state index contributed by atoms with van der Waals surface area (Å²) in [6, 6.07) is 8.92. The minimum absolute atomic E-state index is 0.703. The quantitative estimate of drug-likeness (QED) is 0.649. The topological polar surface area (TPSA) is 0 Å². The summed E-state index contributed by atoms with van der Waals surface area (Å²) >= 11 is 3.77. The second-order valence-electron chi connectivity index (χ2n) is 3.97. The Morgan fingerprint density at radius 1 is 1.31 bits per heavy atom. The molecule has 1 aliphatic rings. The van der Waals surface area contributed by atoms with Gasteiger partial charge in [0, 0.05) is 4.83 Å². The van der Waals surface area contributed by atoms with Crippen molar-refractivity contribution in [2.24, 2.45) is 0 Å². The molecule has 2 unspecified atom stereocenters. The van der Waals surface area contributed by atoms with Gasteiger partial charge in [-0.25, -0.2) is 0 Å². The molecular weight excluding hydrogens is 224 g/mol. The summed E-state index contributed by atoms with van der Waals surface area (Å²) in [6.45, 7) is 2.17. The van der Waals surface area contributed by atoms with Crippen molar-refractivity contribution >= 4 is 15.9 Å². The third kappa shape index (κ3) is 1.96. The average Bonchev–Trinajstić information content (AvgIpc) is 2.51. The summed E-state index contributed by atoms with van der Waals surface area (Å²) < 4.78 is 0. The fraction of sp³-hybridized carbons (Fsp3) is 0.500. The number of halogens is 1. The van der Waals surface area contributed by atoms with Crippen molar-refractivity contribution in [3.8, 4) is 0 Å². The van der Waals surface area contributed by atoms with E-state index in [9.17, 15) is 0 Å². The minimum Gasteiger partial charge on any atom is -0.0884 e. The van der Waals surface area contributed by atoms with E-state index in [-0.39, 0.29) is 0 Å². The summed E-state index contributed by atoms with van der Waals surface area (Å²) in [7, 11) is 0. The predicted octanol–water partition coefficient (Wildman–Crippen LogP) is 4.03. The van der Waals surface area contributed by atoms with Gasteiger partial charge < -0.3 is 0 Å². The summed E-state index contributed by atoms with van der Waals surface area (Å²) in [5, 5.41) is 0. The van der Waals surface area contributed by atoms with Gasteiger partial charge in [0.1, 0.15) is 0 Å². The van der Waals surface area contributed by atoms with E-state index < -0.39 is 0 Å². The number of hydrogen-bond donors (Lipinski definition) is 0. The molecule has 0 aromatic heterocycles. The van der Waals surface area contributed by atoms with Crippen LogP contribution in [0.2, 0.25) is 0 Å². The van der Waals surface area contributed by atoms with Crippen molar-refractivity contribution < 1.29 is 0 Å². The number of alkyl halides is 1. The molecule has 0 heterocycles. The zero-order valence-electron chi connectivity index (χ0n) is 7.96. The summed E-state index contributed by atoms with van der Waals surface area (Å²) in [4.78, 5) is 0.703. The molecule has 1 aromatic rings. The number of hydrogen-bond acceptors (Lipinski definition) is 0. The smallest absolute Gasteiger partial charge is 0.0214 e. The Bertz CT molecular complexity index is 293. The largest absolute Gasteiger partial charge is 0.0884 e. The van der Waals surface area contributed by atoms with Gasteiger partial charge in [-0.15, -0.1) is 0 Å². The molecule has 1 heteroatoms. The van der Waals surface area contributed by atoms with Crippen LogP contribution in [0.4, 0.5) is 0 Å². The molecule has 2 rings (SSSR count). The molecule has 1 aromatic carbocycles. The van der Waals surface area contributed by atoms with Gasteiger partial charge in [0.05, 0.1) is 0 Å². The van der Waals surface area contributed by atoms with Gasteiger partial charge in [0.15, 0.2) is 0 Å². The molecule has 0 radical (unpaired) electrons. The Hall–Kier alpha value is -0.300. The van der Waals surface area contributed by atoms with E-state index in [0.29, 0.717) is 4.83 Å². The van der Waals surface area contributed by atoms with E-state index in [1.807, 2.05) is 0 Å². The standard InChI is InChI=1S/C12H15Br/c1-9-4-2-5-10(8-9)11-6-3-7-12(11)13/h2,4-5,8,11-12H,3,6-7H2,1H3. The number of rotatable bonds is 1. The highest BCUT2D eigenvalue weighted by molar-refractivity contribution is 9.09. The van der Waals surface area contributed by atoms with Crippen LogP contribution in [0, 0.1) is 6.92 Å². The normalized spacial score (nSPS) is 27.8. The molecule has 0 saturated heterocycles. The average molecular weight is 239 g/mol. The highest BCUT2D eigenvalue weighted by Gasteiger charge is 2.25. The third-order valence-electron chi connectivity index (χ3n) is 2.90. The van der Waals surface area contributed by atoms with Crippen LogP contribution >= 0.6 is 15.9 Å². The summed E-state index contributed by atoms with van der Waals surface area (Å²) in [6.07, 6.45) is 4.05. The van der Waals surface area contributed by atoms with E-state index in [4.69, 9.17) is 0 Å². The maximum absolute atomic E-state index is 3.77. The van der Waals surface area contributed by atoms with Gasteiger partial charge in [0.2, 0.25) is 0 Å². The maximum Gasteiger partial charge on any atom is 0.0214 e. The van der Waals surface area contributed by atoms with Crippen LogP contribution in [0.25, 0.3) is 0 Å². The van der Waals surface area contributed by atoms with Gasteiger partial charge >= 0.3 is 0 Å². The first-order valence-electron chi connectivity index (χ1n) is 4.98. The van der Waals surface area contributed by atoms with Gasteiger partial charge in [-0.3, -0.25) is 0 Å². The van der Waals surface area contributed by atoms with Crippen LogP contribution < -0.4 is 0 Å². The molecule has 70 valence electrons. The van der Waals surface area contributed by atoms with Crippen LogP contribution in [0.5, 0.6) is 0 Å². The first kappa shape index (κ1) is 9.26. The molecule has 1 saturated carbocycles. The summed E-state index contributed by atoms with van der Waals surface area (Å²) in [5.74, 6) is 0.750. The molecule has 0 nitrogen and oxygen atoms in total. The van der Waals surface area contributed by atoms with E-state index in [0.717, 1.165) is 5.92 Å².